The van der Waals surface area contributed by atoms with E-state index in [1.165, 1.54) is 12.8 Å². The minimum atomic E-state index is 0.493. The van der Waals surface area contributed by atoms with Crippen molar-refractivity contribution in [3.05, 3.63) is 18.1 Å². The lowest BCUT2D eigenvalue weighted by atomic mass is 9.97. The maximum Gasteiger partial charge on any atom is 0.141 e. The highest BCUT2D eigenvalue weighted by molar-refractivity contribution is 5.24. The molecule has 0 saturated carbocycles. The summed E-state index contributed by atoms with van der Waals surface area (Å²) in [5, 5.41) is 3.35. The number of anilines is 1. The van der Waals surface area contributed by atoms with Crippen molar-refractivity contribution in [2.75, 3.05) is 18.8 Å². The Kier molecular flexibility index (Phi) is 2.40. The van der Waals surface area contributed by atoms with Gasteiger partial charge in [0.1, 0.15) is 5.82 Å². The number of nitrogens with one attached hydrogen (secondary N) is 1. The molecule has 0 bridgehead atoms. The first kappa shape index (κ1) is 8.44. The predicted octanol–water partition coefficient (Wildman–Crippen LogP) is 0.526. The molecule has 1 aliphatic heterocycles. The summed E-state index contributed by atoms with van der Waals surface area (Å²) in [5.74, 6) is 1.01. The molecule has 4 nitrogen and oxygen atoms in total. The zero-order chi connectivity index (χ0) is 9.10. The van der Waals surface area contributed by atoms with Gasteiger partial charge in [0.25, 0.3) is 0 Å². The van der Waals surface area contributed by atoms with Gasteiger partial charge in [-0.25, -0.2) is 4.98 Å². The Hall–Kier alpha value is -1.16. The van der Waals surface area contributed by atoms with Crippen LogP contribution in [0.25, 0.3) is 0 Å². The molecular weight excluding hydrogens is 164 g/mol. The summed E-state index contributed by atoms with van der Waals surface area (Å²) in [6.07, 6.45) is 5.83. The van der Waals surface area contributed by atoms with Crippen molar-refractivity contribution in [1.29, 1.82) is 0 Å². The van der Waals surface area contributed by atoms with Crippen molar-refractivity contribution in [1.82, 2.24) is 15.3 Å². The van der Waals surface area contributed by atoms with Crippen LogP contribution >= 0.6 is 0 Å². The fourth-order valence-electron chi connectivity index (χ4n) is 1.66. The molecular formula is C9H14N4. The highest BCUT2D eigenvalue weighted by Crippen LogP contribution is 2.20. The van der Waals surface area contributed by atoms with Gasteiger partial charge in [0.15, 0.2) is 0 Å². The number of rotatable bonds is 1. The lowest BCUT2D eigenvalue weighted by Crippen LogP contribution is -2.28. The Bertz CT molecular complexity index is 263. The Balaban J connectivity index is 2.10. The van der Waals surface area contributed by atoms with Crippen LogP contribution in [-0.2, 0) is 0 Å². The minimum absolute atomic E-state index is 0.493. The Labute approximate surface area is 77.6 Å². The van der Waals surface area contributed by atoms with Crippen LogP contribution < -0.4 is 11.1 Å². The average molecular weight is 178 g/mol. The third-order valence-corrected chi connectivity index (χ3v) is 2.41. The van der Waals surface area contributed by atoms with Crippen LogP contribution in [0.1, 0.15) is 24.5 Å². The average Bonchev–Trinajstić information content (AvgIpc) is 2.20. The molecule has 0 radical (unpaired) electrons. The fourth-order valence-corrected chi connectivity index (χ4v) is 1.66. The first-order valence-electron chi connectivity index (χ1n) is 4.64. The third-order valence-electron chi connectivity index (χ3n) is 2.41. The smallest absolute Gasteiger partial charge is 0.141 e. The van der Waals surface area contributed by atoms with Gasteiger partial charge in [0, 0.05) is 12.5 Å². The topological polar surface area (TPSA) is 63.8 Å². The molecule has 3 N–H and O–H groups in total. The highest BCUT2D eigenvalue weighted by Gasteiger charge is 2.16. The SMILES string of the molecule is Nc1cnc(C2CCCNC2)cn1. The lowest BCUT2D eigenvalue weighted by molar-refractivity contribution is 0.454. The highest BCUT2D eigenvalue weighted by atomic mass is 14.9. The number of nitrogens with two attached hydrogens (primary N) is 1. The van der Waals surface area contributed by atoms with Gasteiger partial charge in [-0.1, -0.05) is 0 Å². The van der Waals surface area contributed by atoms with Crippen LogP contribution in [0.3, 0.4) is 0 Å². The van der Waals surface area contributed by atoms with E-state index in [0.717, 1.165) is 18.8 Å². The molecule has 1 unspecified atom stereocenters. The first-order valence-corrected chi connectivity index (χ1v) is 4.64. The summed E-state index contributed by atoms with van der Waals surface area (Å²) >= 11 is 0. The second-order valence-electron chi connectivity index (χ2n) is 3.41. The molecule has 0 aromatic carbocycles. The number of nitrogens with zero attached hydrogens (tertiary/aromatic N) is 2. The second kappa shape index (κ2) is 3.70. The molecule has 0 spiro atoms. The van der Waals surface area contributed by atoms with E-state index in [2.05, 4.69) is 15.3 Å². The number of piperidine rings is 1. The Morgan fingerprint density at radius 1 is 1.38 bits per heavy atom. The lowest BCUT2D eigenvalue weighted by Gasteiger charge is -2.21. The molecule has 2 heterocycles. The Morgan fingerprint density at radius 2 is 2.31 bits per heavy atom. The van der Waals surface area contributed by atoms with Crippen molar-refractivity contribution >= 4 is 5.82 Å². The van der Waals surface area contributed by atoms with Crippen molar-refractivity contribution in [3.63, 3.8) is 0 Å². The van der Waals surface area contributed by atoms with Gasteiger partial charge in [-0.3, -0.25) is 4.98 Å². The molecule has 70 valence electrons. The quantitative estimate of drug-likeness (QED) is 0.658. The van der Waals surface area contributed by atoms with Crippen molar-refractivity contribution in [3.8, 4) is 0 Å². The van der Waals surface area contributed by atoms with Crippen molar-refractivity contribution in [2.24, 2.45) is 0 Å². The van der Waals surface area contributed by atoms with E-state index in [9.17, 15) is 0 Å². The maximum atomic E-state index is 5.47. The summed E-state index contributed by atoms with van der Waals surface area (Å²) in [7, 11) is 0. The fraction of sp³-hybridized carbons (Fsp3) is 0.556. The van der Waals surface area contributed by atoms with Gasteiger partial charge in [-0.15, -0.1) is 0 Å². The molecule has 1 aromatic rings. The molecule has 0 aliphatic carbocycles. The number of nitrogen functional groups attached to an aromatic ring is 1. The van der Waals surface area contributed by atoms with Crippen molar-refractivity contribution < 1.29 is 0 Å². The van der Waals surface area contributed by atoms with Gasteiger partial charge in [0.05, 0.1) is 18.1 Å². The maximum absolute atomic E-state index is 5.47. The number of hydrogen-bond donors (Lipinski definition) is 2. The van der Waals surface area contributed by atoms with E-state index in [4.69, 9.17) is 5.73 Å². The van der Waals surface area contributed by atoms with E-state index in [1.54, 1.807) is 12.4 Å². The van der Waals surface area contributed by atoms with Gasteiger partial charge >= 0.3 is 0 Å². The number of aromatic nitrogens is 2. The molecule has 1 atom stereocenters. The largest absolute Gasteiger partial charge is 0.382 e. The molecule has 1 fully saturated rings. The Morgan fingerprint density at radius 3 is 2.92 bits per heavy atom. The molecule has 1 aromatic heterocycles. The molecule has 1 saturated heterocycles. The monoisotopic (exact) mass is 178 g/mol. The van der Waals surface area contributed by atoms with Crippen LogP contribution in [-0.4, -0.2) is 23.1 Å². The van der Waals surface area contributed by atoms with E-state index in [1.807, 2.05) is 0 Å². The summed E-state index contributed by atoms with van der Waals surface area (Å²) in [4.78, 5) is 8.32. The summed E-state index contributed by atoms with van der Waals surface area (Å²) < 4.78 is 0. The summed E-state index contributed by atoms with van der Waals surface area (Å²) in [5.41, 5.74) is 6.52. The first-order chi connectivity index (χ1) is 6.36. The van der Waals surface area contributed by atoms with E-state index >= 15 is 0 Å². The molecule has 0 amide bonds. The summed E-state index contributed by atoms with van der Waals surface area (Å²) in [6.45, 7) is 2.14. The molecule has 13 heavy (non-hydrogen) atoms. The van der Waals surface area contributed by atoms with Crippen molar-refractivity contribution in [2.45, 2.75) is 18.8 Å². The molecule has 4 heteroatoms. The van der Waals surface area contributed by atoms with Crippen LogP contribution in [0.2, 0.25) is 0 Å². The number of hydrogen-bond acceptors (Lipinski definition) is 4. The van der Waals surface area contributed by atoms with Gasteiger partial charge in [0.2, 0.25) is 0 Å². The standard InChI is InChI=1S/C9H14N4/c10-9-6-12-8(5-13-9)7-2-1-3-11-4-7/h5-7,11H,1-4H2,(H2,10,13). The zero-order valence-electron chi connectivity index (χ0n) is 7.53. The van der Waals surface area contributed by atoms with Crippen LogP contribution in [0.5, 0.6) is 0 Å². The van der Waals surface area contributed by atoms with Gasteiger partial charge in [-0.2, -0.15) is 0 Å². The molecule has 1 aliphatic rings. The van der Waals surface area contributed by atoms with Crippen LogP contribution in [0.15, 0.2) is 12.4 Å². The third kappa shape index (κ3) is 1.95. The van der Waals surface area contributed by atoms with Crippen LogP contribution in [0, 0.1) is 0 Å². The van der Waals surface area contributed by atoms with Gasteiger partial charge < -0.3 is 11.1 Å². The molecule has 2 rings (SSSR count). The summed E-state index contributed by atoms with van der Waals surface area (Å²) in [6, 6.07) is 0. The predicted molar refractivity (Wildman–Crippen MR) is 51.3 cm³/mol. The van der Waals surface area contributed by atoms with Gasteiger partial charge in [-0.05, 0) is 19.4 Å². The zero-order valence-corrected chi connectivity index (χ0v) is 7.53. The van der Waals surface area contributed by atoms with E-state index in [0.29, 0.717) is 11.7 Å². The van der Waals surface area contributed by atoms with E-state index < -0.39 is 0 Å². The minimum Gasteiger partial charge on any atom is -0.382 e. The van der Waals surface area contributed by atoms with Crippen LogP contribution in [0.4, 0.5) is 5.82 Å². The van der Waals surface area contributed by atoms with E-state index in [-0.39, 0.29) is 0 Å². The normalized spacial score (nSPS) is 22.9. The second-order valence-corrected chi connectivity index (χ2v) is 3.41.